The number of aromatic nitrogens is 4. The normalized spacial score (nSPS) is 13.3. The summed E-state index contributed by atoms with van der Waals surface area (Å²) in [5.41, 5.74) is 2.45. The zero-order chi connectivity index (χ0) is 28.9. The first-order valence-electron chi connectivity index (χ1n) is 14.6. The summed E-state index contributed by atoms with van der Waals surface area (Å²) < 4.78 is 4.20. The Kier molecular flexibility index (Phi) is 10.6. The average molecular weight is 658 g/mol. The van der Waals surface area contributed by atoms with Gasteiger partial charge >= 0.3 is 233 Å². The Labute approximate surface area is 248 Å². The second-order valence-electron chi connectivity index (χ2n) is 10.7. The van der Waals surface area contributed by atoms with E-state index in [1.807, 2.05) is 49.1 Å². The van der Waals surface area contributed by atoms with Crippen LogP contribution >= 0.6 is 11.8 Å². The van der Waals surface area contributed by atoms with Crippen molar-refractivity contribution >= 4 is 34.0 Å². The number of rotatable bonds is 16. The predicted molar refractivity (Wildman–Crippen MR) is 171 cm³/mol. The molecule has 0 fully saturated rings. The molecule has 0 aliphatic rings. The van der Waals surface area contributed by atoms with Gasteiger partial charge in [0.15, 0.2) is 5.12 Å². The fourth-order valence-electron chi connectivity index (χ4n) is 5.63. The van der Waals surface area contributed by atoms with Crippen LogP contribution in [0.3, 0.4) is 0 Å². The number of thioether (sulfide) groups is 1. The van der Waals surface area contributed by atoms with E-state index in [0.29, 0.717) is 0 Å². The Morgan fingerprint density at radius 2 is 0.902 bits per heavy atom. The van der Waals surface area contributed by atoms with Gasteiger partial charge in [-0.2, -0.15) is 0 Å². The number of unbranched alkanes of at least 4 members (excludes halogenated alkanes) is 8. The molecule has 0 bridgehead atoms. The topological polar surface area (TPSA) is 68.6 Å². The molecule has 0 N–H and O–H groups in total. The quantitative estimate of drug-likeness (QED) is 0.103. The van der Waals surface area contributed by atoms with E-state index in [4.69, 9.17) is 19.9 Å². The Bertz CT molecular complexity index is 1200. The van der Waals surface area contributed by atoms with Crippen molar-refractivity contribution in [3.05, 3.63) is 97.6 Å². The van der Waals surface area contributed by atoms with Crippen molar-refractivity contribution in [1.82, 2.24) is 19.9 Å². The van der Waals surface area contributed by atoms with Crippen LogP contribution in [-0.2, 0) is 17.2 Å². The SMILES string of the molecule is CC(=O)SCCCCCCCCCC[CH2][Ru]([CH3])([c]1ccccn1)([c]1ccccn1)([c]1ccccn1)[c]1ccccn1. The first kappa shape index (κ1) is 31.2. The number of hydrogen-bond acceptors (Lipinski definition) is 6. The molecule has 5 nitrogen and oxygen atoms in total. The van der Waals surface area contributed by atoms with E-state index in [9.17, 15) is 4.79 Å². The second-order valence-corrected chi connectivity index (χ2v) is 26.2. The first-order chi connectivity index (χ1) is 20.0. The van der Waals surface area contributed by atoms with E-state index < -0.39 is 12.4 Å². The van der Waals surface area contributed by atoms with Crippen molar-refractivity contribution < 1.29 is 17.2 Å². The van der Waals surface area contributed by atoms with E-state index in [-0.39, 0.29) is 5.12 Å². The van der Waals surface area contributed by atoms with Crippen LogP contribution in [0.15, 0.2) is 97.6 Å². The first-order valence-corrected chi connectivity index (χ1v) is 22.0. The number of pyridine rings is 4. The van der Waals surface area contributed by atoms with Crippen LogP contribution in [0.4, 0.5) is 0 Å². The minimum atomic E-state index is -4.95. The van der Waals surface area contributed by atoms with Crippen LogP contribution in [0.1, 0.15) is 64.7 Å². The number of carbonyl (C=O) groups is 1. The zero-order valence-electron chi connectivity index (χ0n) is 24.5. The molecule has 0 aliphatic heterocycles. The van der Waals surface area contributed by atoms with E-state index in [0.717, 1.165) is 47.2 Å². The number of hydrogen-bond donors (Lipinski definition) is 0. The maximum atomic E-state index is 11.1. The van der Waals surface area contributed by atoms with Crippen molar-refractivity contribution in [2.45, 2.75) is 75.2 Å². The fraction of sp³-hybridized carbons (Fsp3) is 0.382. The molecule has 0 amide bonds. The Morgan fingerprint density at radius 1 is 0.561 bits per heavy atom. The van der Waals surface area contributed by atoms with Gasteiger partial charge in [0.05, 0.1) is 0 Å². The summed E-state index contributed by atoms with van der Waals surface area (Å²) >= 11 is -3.50. The van der Waals surface area contributed by atoms with Gasteiger partial charge in [0.2, 0.25) is 0 Å². The standard InChI is InChI=1S/C13H25OS.4C5H4N.CH3.Ru/c1-3-4-5-6-7-8-9-10-11-12-15-13(2)14;4*1-2-4-6-5-3-1;;/h1,3-12H2,2H3;4*1-4H;1H3;. The summed E-state index contributed by atoms with van der Waals surface area (Å²) in [6.45, 7) is 1.65. The van der Waals surface area contributed by atoms with Crippen LogP contribution in [0.2, 0.25) is 10.5 Å². The summed E-state index contributed by atoms with van der Waals surface area (Å²) in [4.78, 5) is 31.6. The third kappa shape index (κ3) is 6.08. The van der Waals surface area contributed by atoms with Gasteiger partial charge in [-0.15, -0.1) is 0 Å². The molecule has 4 heterocycles. The molecule has 0 radical (unpaired) electrons. The van der Waals surface area contributed by atoms with Gasteiger partial charge in [0.25, 0.3) is 0 Å². The van der Waals surface area contributed by atoms with Crippen molar-refractivity contribution in [2.75, 3.05) is 5.75 Å². The molecular weight excluding hydrogens is 614 g/mol. The van der Waals surface area contributed by atoms with Gasteiger partial charge in [-0.05, 0) is 0 Å². The molecule has 4 aromatic heterocycles. The Morgan fingerprint density at radius 3 is 1.22 bits per heavy atom. The molecule has 0 unspecified atom stereocenters. The number of carbonyl (C=O) groups excluding carboxylic acids is 1. The number of nitrogens with zero attached hydrogens (tertiary/aromatic N) is 4. The van der Waals surface area contributed by atoms with Crippen LogP contribution in [0.25, 0.3) is 0 Å². The summed E-state index contributed by atoms with van der Waals surface area (Å²) in [6, 6.07) is 25.1. The van der Waals surface area contributed by atoms with Crippen molar-refractivity contribution in [3.63, 3.8) is 0 Å². The van der Waals surface area contributed by atoms with Crippen molar-refractivity contribution in [2.24, 2.45) is 0 Å². The average Bonchev–Trinajstić information content (AvgIpc) is 3.03. The van der Waals surface area contributed by atoms with Crippen LogP contribution in [0, 0.1) is 0 Å². The van der Waals surface area contributed by atoms with Gasteiger partial charge in [-0.1, -0.05) is 0 Å². The molecule has 0 aromatic carbocycles. The van der Waals surface area contributed by atoms with Crippen molar-refractivity contribution in [3.8, 4) is 0 Å². The van der Waals surface area contributed by atoms with E-state index in [2.05, 4.69) is 54.0 Å². The van der Waals surface area contributed by atoms with Gasteiger partial charge in [-0.25, -0.2) is 0 Å². The summed E-state index contributed by atoms with van der Waals surface area (Å²) in [5.74, 6) is 0.958. The Balaban J connectivity index is 1.63. The van der Waals surface area contributed by atoms with Gasteiger partial charge in [-0.3, -0.25) is 4.79 Å². The second kappa shape index (κ2) is 13.9. The van der Waals surface area contributed by atoms with Gasteiger partial charge in [0.1, 0.15) is 0 Å². The molecule has 0 atom stereocenters. The Hall–Kier alpha value is -2.76. The molecule has 7 heteroatoms. The van der Waals surface area contributed by atoms with Crippen molar-refractivity contribution in [1.29, 1.82) is 0 Å². The fourth-order valence-corrected chi connectivity index (χ4v) is 20.8. The third-order valence-electron chi connectivity index (χ3n) is 7.91. The van der Waals surface area contributed by atoms with Crippen LogP contribution < -0.4 is 17.2 Å². The maximum absolute atomic E-state index is 11.1. The molecule has 41 heavy (non-hydrogen) atoms. The van der Waals surface area contributed by atoms with E-state index >= 15 is 0 Å². The third-order valence-corrected chi connectivity index (χ3v) is 25.5. The molecule has 220 valence electrons. The van der Waals surface area contributed by atoms with Gasteiger partial charge in [0, 0.05) is 6.92 Å². The minimum absolute atomic E-state index is 0.228. The molecular formula is C34H44N4ORuS. The zero-order valence-corrected chi connectivity index (χ0v) is 27.0. The summed E-state index contributed by atoms with van der Waals surface area (Å²) in [7, 11) is 0. The predicted octanol–water partition coefficient (Wildman–Crippen LogP) is 6.35. The summed E-state index contributed by atoms with van der Waals surface area (Å²) in [6.07, 6.45) is 18.4. The van der Waals surface area contributed by atoms with Crippen LogP contribution in [-0.4, -0.2) is 30.8 Å². The molecule has 0 saturated heterocycles. The van der Waals surface area contributed by atoms with Gasteiger partial charge < -0.3 is 0 Å². The van der Waals surface area contributed by atoms with E-state index in [1.54, 1.807) is 6.92 Å². The molecule has 0 aliphatic carbocycles. The molecule has 0 saturated carbocycles. The monoisotopic (exact) mass is 658 g/mol. The molecule has 0 spiro atoms. The van der Waals surface area contributed by atoms with Crippen LogP contribution in [0.5, 0.6) is 0 Å². The summed E-state index contributed by atoms with van der Waals surface area (Å²) in [5, 5.41) is 1.13. The van der Waals surface area contributed by atoms with E-state index in [1.165, 1.54) is 50.3 Å². The molecule has 4 rings (SSSR count). The molecule has 4 aromatic rings.